The maximum Gasteiger partial charge on any atom is 0.573 e. The number of alkyl halides is 3. The Bertz CT molecular complexity index is 529. The van der Waals surface area contributed by atoms with Crippen molar-refractivity contribution >= 4 is 11.7 Å². The molecule has 1 aromatic carbocycles. The molecule has 0 amide bonds. The van der Waals surface area contributed by atoms with Crippen LogP contribution in [-0.2, 0) is 9.53 Å². The van der Waals surface area contributed by atoms with Gasteiger partial charge in [-0.05, 0) is 12.1 Å². The molecule has 0 bridgehead atoms. The van der Waals surface area contributed by atoms with E-state index in [1.807, 2.05) is 0 Å². The molecule has 1 aromatic rings. The number of carbonyl (C=O) groups is 1. The van der Waals surface area contributed by atoms with Crippen molar-refractivity contribution in [2.24, 2.45) is 0 Å². The number of nitrogens with two attached hydrogens (primary N) is 1. The molecule has 102 valence electrons. The SMILES string of the molecule is COC(=O)CC#Cc1ccc(OC(F)(F)F)cc1N. The molecule has 2 N–H and O–H groups in total. The van der Waals surface area contributed by atoms with Gasteiger partial charge in [-0.15, -0.1) is 13.2 Å². The fraction of sp³-hybridized carbons (Fsp3) is 0.250. The second kappa shape index (κ2) is 6.00. The second-order valence-electron chi connectivity index (χ2n) is 3.35. The lowest BCUT2D eigenvalue weighted by Crippen LogP contribution is -2.17. The van der Waals surface area contributed by atoms with Gasteiger partial charge in [0.15, 0.2) is 0 Å². The molecule has 0 saturated heterocycles. The van der Waals surface area contributed by atoms with Crippen LogP contribution in [0.25, 0.3) is 0 Å². The molecule has 4 nitrogen and oxygen atoms in total. The van der Waals surface area contributed by atoms with Crippen LogP contribution in [0.4, 0.5) is 18.9 Å². The summed E-state index contributed by atoms with van der Waals surface area (Å²) >= 11 is 0. The van der Waals surface area contributed by atoms with Crippen LogP contribution in [0.1, 0.15) is 12.0 Å². The molecule has 0 saturated carbocycles. The lowest BCUT2D eigenvalue weighted by atomic mass is 10.1. The Morgan fingerprint density at radius 1 is 1.42 bits per heavy atom. The summed E-state index contributed by atoms with van der Waals surface area (Å²) in [5.74, 6) is 4.11. The largest absolute Gasteiger partial charge is 0.573 e. The van der Waals surface area contributed by atoms with E-state index in [0.717, 1.165) is 12.1 Å². The second-order valence-corrected chi connectivity index (χ2v) is 3.35. The fourth-order valence-corrected chi connectivity index (χ4v) is 1.14. The van der Waals surface area contributed by atoms with Crippen LogP contribution in [0.2, 0.25) is 0 Å². The number of nitrogen functional groups attached to an aromatic ring is 1. The molecule has 0 heterocycles. The molecular weight excluding hydrogens is 263 g/mol. The van der Waals surface area contributed by atoms with E-state index in [0.29, 0.717) is 5.56 Å². The zero-order chi connectivity index (χ0) is 14.5. The smallest absolute Gasteiger partial charge is 0.468 e. The topological polar surface area (TPSA) is 61.5 Å². The highest BCUT2D eigenvalue weighted by molar-refractivity contribution is 5.72. The van der Waals surface area contributed by atoms with Gasteiger partial charge in [0.2, 0.25) is 0 Å². The van der Waals surface area contributed by atoms with E-state index in [2.05, 4.69) is 21.3 Å². The van der Waals surface area contributed by atoms with E-state index in [4.69, 9.17) is 5.73 Å². The lowest BCUT2D eigenvalue weighted by Gasteiger charge is -2.09. The molecule has 0 fully saturated rings. The molecule has 0 aliphatic carbocycles. The number of carbonyl (C=O) groups excluding carboxylic acids is 1. The van der Waals surface area contributed by atoms with Crippen molar-refractivity contribution in [2.75, 3.05) is 12.8 Å². The third kappa shape index (κ3) is 5.21. The highest BCUT2D eigenvalue weighted by Crippen LogP contribution is 2.25. The summed E-state index contributed by atoms with van der Waals surface area (Å²) in [5.41, 5.74) is 5.85. The monoisotopic (exact) mass is 273 g/mol. The van der Waals surface area contributed by atoms with Gasteiger partial charge in [-0.3, -0.25) is 4.79 Å². The summed E-state index contributed by atoms with van der Waals surface area (Å²) in [6.45, 7) is 0. The van der Waals surface area contributed by atoms with Gasteiger partial charge in [-0.25, -0.2) is 0 Å². The Hall–Kier alpha value is -2.36. The summed E-state index contributed by atoms with van der Waals surface area (Å²) in [6, 6.07) is 3.38. The van der Waals surface area contributed by atoms with Gasteiger partial charge in [-0.2, -0.15) is 0 Å². The van der Waals surface area contributed by atoms with E-state index in [9.17, 15) is 18.0 Å². The predicted molar refractivity (Wildman–Crippen MR) is 61.0 cm³/mol. The molecule has 0 atom stereocenters. The summed E-state index contributed by atoms with van der Waals surface area (Å²) in [5, 5.41) is 0. The Kier molecular flexibility index (Phi) is 4.64. The average molecular weight is 273 g/mol. The third-order valence-electron chi connectivity index (χ3n) is 1.94. The molecule has 0 unspecified atom stereocenters. The molecule has 7 heteroatoms. The van der Waals surface area contributed by atoms with Crippen LogP contribution in [-0.4, -0.2) is 19.4 Å². The summed E-state index contributed by atoms with van der Waals surface area (Å²) in [6.07, 6.45) is -4.90. The van der Waals surface area contributed by atoms with E-state index >= 15 is 0 Å². The first kappa shape index (κ1) is 14.7. The van der Waals surface area contributed by atoms with Crippen molar-refractivity contribution in [3.8, 4) is 17.6 Å². The van der Waals surface area contributed by atoms with Gasteiger partial charge < -0.3 is 15.2 Å². The molecule has 19 heavy (non-hydrogen) atoms. The maximum absolute atomic E-state index is 12.0. The van der Waals surface area contributed by atoms with Crippen LogP contribution in [0.3, 0.4) is 0 Å². The molecule has 0 radical (unpaired) electrons. The Morgan fingerprint density at radius 3 is 2.63 bits per heavy atom. The van der Waals surface area contributed by atoms with E-state index in [1.165, 1.54) is 13.2 Å². The average Bonchev–Trinajstić information content (AvgIpc) is 2.29. The van der Waals surface area contributed by atoms with Crippen molar-refractivity contribution in [3.63, 3.8) is 0 Å². The zero-order valence-corrected chi connectivity index (χ0v) is 9.88. The zero-order valence-electron chi connectivity index (χ0n) is 9.88. The van der Waals surface area contributed by atoms with Gasteiger partial charge in [0.25, 0.3) is 0 Å². The summed E-state index contributed by atoms with van der Waals surface area (Å²) in [7, 11) is 1.22. The number of ether oxygens (including phenoxy) is 2. The van der Waals surface area contributed by atoms with E-state index < -0.39 is 18.1 Å². The number of esters is 1. The highest BCUT2D eigenvalue weighted by atomic mass is 19.4. The van der Waals surface area contributed by atoms with Crippen molar-refractivity contribution < 1.29 is 27.4 Å². The Labute approximate surface area is 107 Å². The molecule has 0 aliphatic heterocycles. The van der Waals surface area contributed by atoms with Gasteiger partial charge in [0, 0.05) is 11.6 Å². The first-order chi connectivity index (χ1) is 8.81. The molecule has 0 aliphatic rings. The minimum Gasteiger partial charge on any atom is -0.468 e. The maximum atomic E-state index is 12.0. The number of benzene rings is 1. The van der Waals surface area contributed by atoms with Crippen molar-refractivity contribution in [3.05, 3.63) is 23.8 Å². The molecule has 1 rings (SSSR count). The number of halogens is 3. The van der Waals surface area contributed by atoms with Crippen LogP contribution in [0, 0.1) is 11.8 Å². The standard InChI is InChI=1S/C12H10F3NO3/c1-18-11(17)4-2-3-8-5-6-9(7-10(8)16)19-12(13,14)15/h5-7H,4,16H2,1H3. The van der Waals surface area contributed by atoms with Crippen molar-refractivity contribution in [1.29, 1.82) is 0 Å². The third-order valence-corrected chi connectivity index (χ3v) is 1.94. The van der Waals surface area contributed by atoms with E-state index in [1.54, 1.807) is 0 Å². The minimum absolute atomic E-state index is 0.0270. The minimum atomic E-state index is -4.77. The number of anilines is 1. The Morgan fingerprint density at radius 2 is 2.11 bits per heavy atom. The van der Waals surface area contributed by atoms with Crippen molar-refractivity contribution in [2.45, 2.75) is 12.8 Å². The predicted octanol–water partition coefficient (Wildman–Crippen LogP) is 2.08. The first-order valence-corrected chi connectivity index (χ1v) is 5.03. The van der Waals surface area contributed by atoms with Crippen LogP contribution in [0.15, 0.2) is 18.2 Å². The normalized spacial score (nSPS) is 10.3. The fourth-order valence-electron chi connectivity index (χ4n) is 1.14. The number of hydrogen-bond donors (Lipinski definition) is 1. The number of hydrogen-bond acceptors (Lipinski definition) is 4. The number of methoxy groups -OCH3 is 1. The molecular formula is C12H10F3NO3. The molecule has 0 spiro atoms. The van der Waals surface area contributed by atoms with Gasteiger partial charge in [-0.1, -0.05) is 11.8 Å². The van der Waals surface area contributed by atoms with Crippen LogP contribution in [0.5, 0.6) is 5.75 Å². The summed E-state index contributed by atoms with van der Waals surface area (Å²) in [4.78, 5) is 10.8. The van der Waals surface area contributed by atoms with Crippen LogP contribution >= 0.6 is 0 Å². The number of rotatable bonds is 2. The Balaban J connectivity index is 2.80. The van der Waals surface area contributed by atoms with Gasteiger partial charge in [0.05, 0.1) is 12.8 Å². The van der Waals surface area contributed by atoms with Crippen LogP contribution < -0.4 is 10.5 Å². The quantitative estimate of drug-likeness (QED) is 0.509. The summed E-state index contributed by atoms with van der Waals surface area (Å²) < 4.78 is 44.0. The van der Waals surface area contributed by atoms with Gasteiger partial charge >= 0.3 is 12.3 Å². The van der Waals surface area contributed by atoms with E-state index in [-0.39, 0.29) is 12.1 Å². The first-order valence-electron chi connectivity index (χ1n) is 5.03. The van der Waals surface area contributed by atoms with Gasteiger partial charge in [0.1, 0.15) is 12.2 Å². The highest BCUT2D eigenvalue weighted by Gasteiger charge is 2.31. The lowest BCUT2D eigenvalue weighted by molar-refractivity contribution is -0.274. The van der Waals surface area contributed by atoms with Crippen molar-refractivity contribution in [1.82, 2.24) is 0 Å². The molecule has 0 aromatic heterocycles.